The normalized spacial score (nSPS) is 10.7. The quantitative estimate of drug-likeness (QED) is 0.725. The van der Waals surface area contributed by atoms with Crippen LogP contribution in [-0.2, 0) is 37.4 Å². The van der Waals surface area contributed by atoms with Crippen molar-refractivity contribution in [1.29, 1.82) is 0 Å². The Balaban J connectivity index is 0. The molecule has 0 fully saturated rings. The average molecular weight is 207 g/mol. The number of rotatable bonds is 2. The molecule has 0 rings (SSSR count). The first-order valence-corrected chi connectivity index (χ1v) is 2.81. The fourth-order valence-corrected chi connectivity index (χ4v) is 0.352. The van der Waals surface area contributed by atoms with Crippen molar-refractivity contribution in [3.63, 3.8) is 0 Å². The van der Waals surface area contributed by atoms with E-state index in [1.54, 1.807) is 0 Å². The van der Waals surface area contributed by atoms with E-state index < -0.39 is 0 Å². The molecule has 0 amide bonds. The van der Waals surface area contributed by atoms with Crippen molar-refractivity contribution in [2.75, 3.05) is 13.2 Å². The molecule has 0 saturated carbocycles. The van der Waals surface area contributed by atoms with E-state index in [4.69, 9.17) is 9.84 Å². The van der Waals surface area contributed by atoms with Gasteiger partial charge in [-0.25, -0.2) is 0 Å². The van der Waals surface area contributed by atoms with Gasteiger partial charge in [-0.2, -0.15) is 0 Å². The van der Waals surface area contributed by atoms with Gasteiger partial charge in [-0.15, -0.1) is 0 Å². The predicted octanol–water partition coefficient (Wildman–Crippen LogP) is 0.791. The maximum atomic E-state index is 8.30. The van der Waals surface area contributed by atoms with Crippen LogP contribution >= 0.6 is 0 Å². The second-order valence-corrected chi connectivity index (χ2v) is 2.68. The van der Waals surface area contributed by atoms with Gasteiger partial charge in [0.2, 0.25) is 0 Å². The molecule has 0 aliphatic carbocycles. The van der Waals surface area contributed by atoms with Crippen LogP contribution in [0.15, 0.2) is 0 Å². The molecule has 0 aromatic rings. The summed E-state index contributed by atoms with van der Waals surface area (Å²) in [5, 5.41) is 8.30. The number of hydrogen-bond donors (Lipinski definition) is 1. The van der Waals surface area contributed by atoms with Crippen LogP contribution in [0, 0.1) is 0 Å². The fraction of sp³-hybridized carbons (Fsp3) is 1.00. The zero-order valence-electron chi connectivity index (χ0n) is 6.35. The minimum absolute atomic E-state index is 0. The zero-order chi connectivity index (χ0) is 6.62. The van der Waals surface area contributed by atoms with Gasteiger partial charge in [-0.1, -0.05) is 0 Å². The molecular formula is C6H14O2Y. The van der Waals surface area contributed by atoms with Crippen molar-refractivity contribution < 1.29 is 42.6 Å². The third-order valence-corrected chi connectivity index (χ3v) is 0.626. The molecule has 0 aromatic carbocycles. The summed E-state index contributed by atoms with van der Waals surface area (Å²) in [5.74, 6) is 0. The van der Waals surface area contributed by atoms with Gasteiger partial charge in [0.25, 0.3) is 0 Å². The Morgan fingerprint density at radius 3 is 1.89 bits per heavy atom. The molecule has 0 saturated heterocycles. The van der Waals surface area contributed by atoms with Gasteiger partial charge < -0.3 is 9.84 Å². The van der Waals surface area contributed by atoms with Gasteiger partial charge >= 0.3 is 0 Å². The van der Waals surface area contributed by atoms with Crippen molar-refractivity contribution in [2.45, 2.75) is 26.4 Å². The molecule has 1 radical (unpaired) electrons. The Labute approximate surface area is 81.9 Å². The predicted molar refractivity (Wildman–Crippen MR) is 32.8 cm³/mol. The van der Waals surface area contributed by atoms with Crippen molar-refractivity contribution in [3.8, 4) is 0 Å². The molecule has 2 nitrogen and oxygen atoms in total. The molecule has 0 aromatic heterocycles. The Hall–Kier alpha value is 1.02. The van der Waals surface area contributed by atoms with E-state index in [-0.39, 0.29) is 44.9 Å². The van der Waals surface area contributed by atoms with Crippen LogP contribution < -0.4 is 0 Å². The third-order valence-electron chi connectivity index (χ3n) is 0.626. The largest absolute Gasteiger partial charge is 0.394 e. The SMILES string of the molecule is CC(C)(C)OCCO.[Y]. The Kier molecular flexibility index (Phi) is 8.15. The summed E-state index contributed by atoms with van der Waals surface area (Å²) in [6, 6.07) is 0. The van der Waals surface area contributed by atoms with Crippen LogP contribution in [0.2, 0.25) is 0 Å². The molecule has 0 atom stereocenters. The van der Waals surface area contributed by atoms with E-state index in [9.17, 15) is 0 Å². The van der Waals surface area contributed by atoms with Crippen LogP contribution in [0.4, 0.5) is 0 Å². The molecule has 0 aliphatic heterocycles. The summed E-state index contributed by atoms with van der Waals surface area (Å²) in [5.41, 5.74) is -0.108. The number of aliphatic hydroxyl groups is 1. The Morgan fingerprint density at radius 1 is 1.33 bits per heavy atom. The molecule has 0 bridgehead atoms. The molecule has 0 aliphatic rings. The minimum atomic E-state index is -0.108. The molecule has 0 spiro atoms. The van der Waals surface area contributed by atoms with Gasteiger partial charge in [-0.05, 0) is 20.8 Å². The average Bonchev–Trinajstić information content (AvgIpc) is 1.59. The van der Waals surface area contributed by atoms with Crippen LogP contribution in [0.5, 0.6) is 0 Å². The molecule has 3 heteroatoms. The monoisotopic (exact) mass is 207 g/mol. The van der Waals surface area contributed by atoms with Gasteiger partial charge in [0.15, 0.2) is 0 Å². The van der Waals surface area contributed by atoms with Gasteiger partial charge in [0.05, 0.1) is 18.8 Å². The summed E-state index contributed by atoms with van der Waals surface area (Å²) in [4.78, 5) is 0. The first-order valence-electron chi connectivity index (χ1n) is 2.81. The Bertz CT molecular complexity index is 58.6. The maximum absolute atomic E-state index is 8.30. The molecule has 0 heterocycles. The Morgan fingerprint density at radius 2 is 1.78 bits per heavy atom. The van der Waals surface area contributed by atoms with Crippen LogP contribution in [0.1, 0.15) is 20.8 Å². The standard InChI is InChI=1S/C6H14O2.Y/c1-6(2,3)8-5-4-7;/h7H,4-5H2,1-3H3;. The van der Waals surface area contributed by atoms with Crippen LogP contribution in [0.3, 0.4) is 0 Å². The summed E-state index contributed by atoms with van der Waals surface area (Å²) >= 11 is 0. The molecule has 53 valence electrons. The van der Waals surface area contributed by atoms with E-state index in [1.807, 2.05) is 20.8 Å². The first-order chi connectivity index (χ1) is 3.56. The smallest absolute Gasteiger partial charge is 0.0704 e. The summed E-state index contributed by atoms with van der Waals surface area (Å²) in [7, 11) is 0. The first kappa shape index (κ1) is 12.7. The van der Waals surface area contributed by atoms with Crippen LogP contribution in [0.25, 0.3) is 0 Å². The third kappa shape index (κ3) is 12.3. The zero-order valence-corrected chi connectivity index (χ0v) is 9.19. The van der Waals surface area contributed by atoms with E-state index in [2.05, 4.69) is 0 Å². The number of aliphatic hydroxyl groups excluding tert-OH is 1. The second-order valence-electron chi connectivity index (χ2n) is 2.68. The summed E-state index contributed by atoms with van der Waals surface area (Å²) < 4.78 is 5.13. The van der Waals surface area contributed by atoms with Crippen molar-refractivity contribution in [3.05, 3.63) is 0 Å². The minimum Gasteiger partial charge on any atom is -0.394 e. The van der Waals surface area contributed by atoms with E-state index in [1.165, 1.54) is 0 Å². The topological polar surface area (TPSA) is 29.5 Å². The maximum Gasteiger partial charge on any atom is 0.0704 e. The van der Waals surface area contributed by atoms with Gasteiger partial charge in [-0.3, -0.25) is 0 Å². The van der Waals surface area contributed by atoms with Gasteiger partial charge in [0, 0.05) is 32.7 Å². The summed E-state index contributed by atoms with van der Waals surface area (Å²) in [6.45, 7) is 6.43. The van der Waals surface area contributed by atoms with Gasteiger partial charge in [0.1, 0.15) is 0 Å². The summed E-state index contributed by atoms with van der Waals surface area (Å²) in [6.07, 6.45) is 0. The molecule has 1 N–H and O–H groups in total. The number of hydrogen-bond acceptors (Lipinski definition) is 2. The van der Waals surface area contributed by atoms with E-state index in [0.29, 0.717) is 6.61 Å². The fourth-order valence-electron chi connectivity index (χ4n) is 0.352. The van der Waals surface area contributed by atoms with Crippen molar-refractivity contribution in [1.82, 2.24) is 0 Å². The van der Waals surface area contributed by atoms with Crippen LogP contribution in [-0.4, -0.2) is 23.9 Å². The van der Waals surface area contributed by atoms with E-state index >= 15 is 0 Å². The second kappa shape index (κ2) is 5.78. The van der Waals surface area contributed by atoms with E-state index in [0.717, 1.165) is 0 Å². The molecular weight excluding hydrogens is 193 g/mol. The molecule has 9 heavy (non-hydrogen) atoms. The molecule has 0 unspecified atom stereocenters. The number of ether oxygens (including phenoxy) is 1. The van der Waals surface area contributed by atoms with Crippen molar-refractivity contribution >= 4 is 0 Å². The van der Waals surface area contributed by atoms with Crippen molar-refractivity contribution in [2.24, 2.45) is 0 Å².